The molecule has 0 amide bonds. The number of hydrogen-bond donors (Lipinski definition) is 1. The van der Waals surface area contributed by atoms with Crippen LogP contribution in [0.1, 0.15) is 28.9 Å². The number of hydrogen-bond acceptors (Lipinski definition) is 7. The normalized spacial score (nSPS) is 10.5. The SMILES string of the molecule is CCc1nn(C)c(NCc2ccc(C(=O)OC)o2)c1[N+](=O)[O-]. The number of methoxy groups -OCH3 is 1. The van der Waals surface area contributed by atoms with Gasteiger partial charge < -0.3 is 14.5 Å². The lowest BCUT2D eigenvalue weighted by Crippen LogP contribution is -2.06. The van der Waals surface area contributed by atoms with Crippen molar-refractivity contribution in [2.45, 2.75) is 19.9 Å². The van der Waals surface area contributed by atoms with Gasteiger partial charge in [-0.15, -0.1) is 0 Å². The van der Waals surface area contributed by atoms with Crippen molar-refractivity contribution in [3.63, 3.8) is 0 Å². The highest BCUT2D eigenvalue weighted by molar-refractivity contribution is 5.86. The number of carbonyl (C=O) groups is 1. The highest BCUT2D eigenvalue weighted by Crippen LogP contribution is 2.28. The van der Waals surface area contributed by atoms with Gasteiger partial charge in [0.15, 0.2) is 0 Å². The molecule has 0 unspecified atom stereocenters. The molecular weight excluding hydrogens is 292 g/mol. The average Bonchev–Trinajstić information content (AvgIpc) is 3.08. The summed E-state index contributed by atoms with van der Waals surface area (Å²) >= 11 is 0. The minimum Gasteiger partial charge on any atom is -0.463 e. The predicted octanol–water partition coefficient (Wildman–Crippen LogP) is 1.88. The average molecular weight is 308 g/mol. The van der Waals surface area contributed by atoms with Gasteiger partial charge in [-0.2, -0.15) is 5.10 Å². The molecule has 0 bridgehead atoms. The largest absolute Gasteiger partial charge is 0.463 e. The van der Waals surface area contributed by atoms with E-state index in [-0.39, 0.29) is 23.8 Å². The van der Waals surface area contributed by atoms with Crippen molar-refractivity contribution in [2.75, 3.05) is 12.4 Å². The molecule has 2 rings (SSSR count). The molecule has 0 saturated heterocycles. The molecule has 0 radical (unpaired) electrons. The third-order valence-electron chi connectivity index (χ3n) is 3.09. The fourth-order valence-electron chi connectivity index (χ4n) is 2.05. The van der Waals surface area contributed by atoms with Crippen molar-refractivity contribution in [3.8, 4) is 0 Å². The summed E-state index contributed by atoms with van der Waals surface area (Å²) in [6, 6.07) is 3.08. The fourth-order valence-corrected chi connectivity index (χ4v) is 2.05. The summed E-state index contributed by atoms with van der Waals surface area (Å²) in [5.74, 6) is 0.242. The van der Waals surface area contributed by atoms with Crippen molar-refractivity contribution in [1.82, 2.24) is 9.78 Å². The molecule has 22 heavy (non-hydrogen) atoms. The van der Waals surface area contributed by atoms with E-state index in [0.29, 0.717) is 17.9 Å². The molecule has 1 N–H and O–H groups in total. The summed E-state index contributed by atoms with van der Waals surface area (Å²) in [5, 5.41) is 18.2. The Kier molecular flexibility index (Phi) is 4.44. The summed E-state index contributed by atoms with van der Waals surface area (Å²) in [7, 11) is 2.88. The van der Waals surface area contributed by atoms with E-state index in [1.165, 1.54) is 17.9 Å². The molecule has 9 nitrogen and oxygen atoms in total. The number of aromatic nitrogens is 2. The van der Waals surface area contributed by atoms with Crippen molar-refractivity contribution in [3.05, 3.63) is 39.5 Å². The predicted molar refractivity (Wildman–Crippen MR) is 76.6 cm³/mol. The van der Waals surface area contributed by atoms with Crippen LogP contribution in [0.2, 0.25) is 0 Å². The first-order chi connectivity index (χ1) is 10.5. The van der Waals surface area contributed by atoms with Crippen LogP contribution in [0.4, 0.5) is 11.5 Å². The molecule has 0 saturated carbocycles. The van der Waals surface area contributed by atoms with E-state index in [0.717, 1.165) is 0 Å². The van der Waals surface area contributed by atoms with E-state index in [2.05, 4.69) is 15.2 Å². The van der Waals surface area contributed by atoms with Crippen LogP contribution >= 0.6 is 0 Å². The van der Waals surface area contributed by atoms with Gasteiger partial charge in [-0.3, -0.25) is 10.1 Å². The van der Waals surface area contributed by atoms with Gasteiger partial charge in [0.2, 0.25) is 11.6 Å². The lowest BCUT2D eigenvalue weighted by molar-refractivity contribution is -0.384. The van der Waals surface area contributed by atoms with Crippen molar-refractivity contribution >= 4 is 17.5 Å². The first kappa shape index (κ1) is 15.5. The number of esters is 1. The number of nitrogens with one attached hydrogen (secondary N) is 1. The summed E-state index contributed by atoms with van der Waals surface area (Å²) in [4.78, 5) is 22.0. The number of carbonyl (C=O) groups excluding carboxylic acids is 1. The molecule has 118 valence electrons. The second-order valence-electron chi connectivity index (χ2n) is 4.49. The first-order valence-electron chi connectivity index (χ1n) is 6.59. The molecule has 0 aliphatic rings. The molecule has 0 atom stereocenters. The quantitative estimate of drug-likeness (QED) is 0.492. The zero-order chi connectivity index (χ0) is 16.3. The Morgan fingerprint density at radius 1 is 1.55 bits per heavy atom. The summed E-state index contributed by atoms with van der Waals surface area (Å²) < 4.78 is 11.3. The van der Waals surface area contributed by atoms with E-state index < -0.39 is 10.9 Å². The van der Waals surface area contributed by atoms with E-state index in [1.807, 2.05) is 0 Å². The van der Waals surface area contributed by atoms with Crippen molar-refractivity contribution in [1.29, 1.82) is 0 Å². The third kappa shape index (κ3) is 2.92. The maximum atomic E-state index is 11.3. The molecule has 9 heteroatoms. The Labute approximate surface area is 126 Å². The molecule has 0 aliphatic heterocycles. The topological polar surface area (TPSA) is 112 Å². The number of nitrogens with zero attached hydrogens (tertiary/aromatic N) is 3. The molecule has 0 fully saturated rings. The zero-order valence-corrected chi connectivity index (χ0v) is 12.5. The second-order valence-corrected chi connectivity index (χ2v) is 4.49. The summed E-state index contributed by atoms with van der Waals surface area (Å²) in [5.41, 5.74) is 0.356. The Balaban J connectivity index is 2.18. The molecule has 2 aromatic heterocycles. The van der Waals surface area contributed by atoms with Crippen LogP contribution in [0.15, 0.2) is 16.5 Å². The van der Waals surface area contributed by atoms with Gasteiger partial charge in [0.05, 0.1) is 18.6 Å². The smallest absolute Gasteiger partial charge is 0.373 e. The van der Waals surface area contributed by atoms with Crippen LogP contribution in [0.3, 0.4) is 0 Å². The highest BCUT2D eigenvalue weighted by atomic mass is 16.6. The summed E-state index contributed by atoms with van der Waals surface area (Å²) in [6.45, 7) is 1.98. The highest BCUT2D eigenvalue weighted by Gasteiger charge is 2.25. The van der Waals surface area contributed by atoms with Gasteiger partial charge in [-0.25, -0.2) is 9.48 Å². The Hall–Kier alpha value is -2.84. The Morgan fingerprint density at radius 2 is 2.27 bits per heavy atom. The lowest BCUT2D eigenvalue weighted by Gasteiger charge is -2.04. The molecule has 2 heterocycles. The lowest BCUT2D eigenvalue weighted by atomic mass is 10.3. The molecular formula is C13H16N4O5. The fraction of sp³-hybridized carbons (Fsp3) is 0.385. The minimum atomic E-state index is -0.578. The standard InChI is InChI=1S/C13H16N4O5/c1-4-9-11(17(19)20)12(16(2)15-9)14-7-8-5-6-10(22-8)13(18)21-3/h5-6,14H,4,7H2,1-3H3. The van der Waals surface area contributed by atoms with Gasteiger partial charge in [-0.1, -0.05) is 6.92 Å². The number of ether oxygens (including phenoxy) is 1. The van der Waals surface area contributed by atoms with E-state index in [9.17, 15) is 14.9 Å². The first-order valence-corrected chi connectivity index (χ1v) is 6.59. The van der Waals surface area contributed by atoms with Crippen molar-refractivity contribution < 1.29 is 18.9 Å². The van der Waals surface area contributed by atoms with Gasteiger partial charge in [0.25, 0.3) is 0 Å². The molecule has 0 aliphatic carbocycles. The maximum absolute atomic E-state index is 11.3. The van der Waals surface area contributed by atoms with Gasteiger partial charge in [0, 0.05) is 7.05 Å². The Bertz CT molecular complexity index is 703. The third-order valence-corrected chi connectivity index (χ3v) is 3.09. The molecule has 2 aromatic rings. The number of aryl methyl sites for hydroxylation is 2. The zero-order valence-electron chi connectivity index (χ0n) is 12.5. The number of rotatable bonds is 6. The second kappa shape index (κ2) is 6.29. The van der Waals surface area contributed by atoms with Crippen molar-refractivity contribution in [2.24, 2.45) is 7.05 Å². The van der Waals surface area contributed by atoms with E-state index >= 15 is 0 Å². The number of furan rings is 1. The van der Waals surface area contributed by atoms with Gasteiger partial charge in [0.1, 0.15) is 11.5 Å². The van der Waals surface area contributed by atoms with Crippen LogP contribution in [0.25, 0.3) is 0 Å². The maximum Gasteiger partial charge on any atom is 0.373 e. The monoisotopic (exact) mass is 308 g/mol. The van der Waals surface area contributed by atoms with Crippen LogP contribution in [0.5, 0.6) is 0 Å². The van der Waals surface area contributed by atoms with E-state index in [1.54, 1.807) is 20.0 Å². The van der Waals surface area contributed by atoms with Gasteiger partial charge in [-0.05, 0) is 18.6 Å². The Morgan fingerprint density at radius 3 is 2.86 bits per heavy atom. The van der Waals surface area contributed by atoms with E-state index in [4.69, 9.17) is 4.42 Å². The minimum absolute atomic E-state index is 0.0512. The van der Waals surface area contributed by atoms with Crippen LogP contribution in [0, 0.1) is 10.1 Å². The number of nitro groups is 1. The van der Waals surface area contributed by atoms with Crippen LogP contribution in [-0.2, 0) is 24.8 Å². The van der Waals surface area contributed by atoms with Crippen LogP contribution < -0.4 is 5.32 Å². The molecule has 0 spiro atoms. The molecule has 0 aromatic carbocycles. The van der Waals surface area contributed by atoms with Crippen LogP contribution in [-0.4, -0.2) is 27.8 Å². The number of anilines is 1. The summed E-state index contributed by atoms with van der Waals surface area (Å²) in [6.07, 6.45) is 0.457. The van der Waals surface area contributed by atoms with Gasteiger partial charge >= 0.3 is 11.7 Å².